The number of H-pyrrole nitrogens is 1. The number of carbonyl (C=O) groups is 1. The molecule has 1 aromatic rings. The SMILES string of the molecule is Br.Br.Br.Br.NC(Cc1cnc[nH]1)C(=O)O. The number of nitrogens with zero attached hydrogens (tertiary/aromatic N) is 1. The van der Waals surface area contributed by atoms with Crippen molar-refractivity contribution in [3.05, 3.63) is 18.2 Å². The van der Waals surface area contributed by atoms with E-state index < -0.39 is 12.0 Å². The van der Waals surface area contributed by atoms with Crippen LogP contribution in [0.3, 0.4) is 0 Å². The highest BCUT2D eigenvalue weighted by atomic mass is 79.9. The van der Waals surface area contributed by atoms with Gasteiger partial charge in [0.05, 0.1) is 6.33 Å². The fourth-order valence-corrected chi connectivity index (χ4v) is 0.721. The maximum absolute atomic E-state index is 10.3. The Labute approximate surface area is 129 Å². The van der Waals surface area contributed by atoms with E-state index in [1.165, 1.54) is 6.33 Å². The van der Waals surface area contributed by atoms with Crippen molar-refractivity contribution in [2.75, 3.05) is 0 Å². The zero-order valence-electron chi connectivity index (χ0n) is 7.45. The summed E-state index contributed by atoms with van der Waals surface area (Å²) in [6, 6.07) is -0.851. The molecule has 1 atom stereocenters. The number of hydrogen-bond acceptors (Lipinski definition) is 3. The lowest BCUT2D eigenvalue weighted by atomic mass is 10.2. The van der Waals surface area contributed by atoms with Crippen LogP contribution < -0.4 is 5.73 Å². The Bertz CT molecular complexity index is 245. The van der Waals surface area contributed by atoms with Gasteiger partial charge >= 0.3 is 5.97 Å². The molecule has 0 saturated heterocycles. The maximum atomic E-state index is 10.3. The van der Waals surface area contributed by atoms with Crippen LogP contribution in [0.15, 0.2) is 12.5 Å². The molecule has 0 bridgehead atoms. The largest absolute Gasteiger partial charge is 0.480 e. The highest BCUT2D eigenvalue weighted by molar-refractivity contribution is 8.93. The Morgan fingerprint density at radius 2 is 2.00 bits per heavy atom. The second kappa shape index (κ2) is 12.6. The highest BCUT2D eigenvalue weighted by Crippen LogP contribution is 1.95. The predicted octanol–water partition coefficient (Wildman–Crippen LogP) is 1.68. The molecular weight excluding hydrogens is 466 g/mol. The molecule has 0 amide bonds. The number of halogens is 4. The van der Waals surface area contributed by atoms with Gasteiger partial charge in [0.1, 0.15) is 6.04 Å². The molecule has 0 aliphatic rings. The molecule has 0 fully saturated rings. The Morgan fingerprint density at radius 3 is 2.33 bits per heavy atom. The van der Waals surface area contributed by atoms with Crippen molar-refractivity contribution in [1.82, 2.24) is 9.97 Å². The Hall–Kier alpha value is 0.560. The first-order valence-electron chi connectivity index (χ1n) is 3.16. The van der Waals surface area contributed by atoms with E-state index in [4.69, 9.17) is 10.8 Å². The molecule has 9 heteroatoms. The third kappa shape index (κ3) is 9.49. The van der Waals surface area contributed by atoms with Crippen LogP contribution in [0.1, 0.15) is 5.69 Å². The second-order valence-electron chi connectivity index (χ2n) is 2.23. The summed E-state index contributed by atoms with van der Waals surface area (Å²) in [5, 5.41) is 8.42. The van der Waals surface area contributed by atoms with Gasteiger partial charge in [0, 0.05) is 18.3 Å². The van der Waals surface area contributed by atoms with E-state index in [1.807, 2.05) is 0 Å². The molecular formula is C6H13Br4N3O2. The zero-order chi connectivity index (χ0) is 8.27. The quantitative estimate of drug-likeness (QED) is 0.616. The molecule has 0 spiro atoms. The Balaban J connectivity index is -0.000000151. The number of rotatable bonds is 3. The van der Waals surface area contributed by atoms with Crippen molar-refractivity contribution in [1.29, 1.82) is 0 Å². The van der Waals surface area contributed by atoms with Gasteiger partial charge in [-0.3, -0.25) is 4.79 Å². The first-order chi connectivity index (χ1) is 5.20. The van der Waals surface area contributed by atoms with Crippen molar-refractivity contribution in [3.8, 4) is 0 Å². The summed E-state index contributed by atoms with van der Waals surface area (Å²) in [7, 11) is 0. The van der Waals surface area contributed by atoms with Gasteiger partial charge in [-0.25, -0.2) is 4.98 Å². The van der Waals surface area contributed by atoms with Crippen LogP contribution in [-0.4, -0.2) is 27.1 Å². The van der Waals surface area contributed by atoms with Gasteiger partial charge in [-0.05, 0) is 0 Å². The average Bonchev–Trinajstić information content (AvgIpc) is 2.39. The van der Waals surface area contributed by atoms with E-state index in [1.54, 1.807) is 6.20 Å². The molecule has 0 aliphatic carbocycles. The van der Waals surface area contributed by atoms with Crippen LogP contribution >= 0.6 is 67.9 Å². The lowest BCUT2D eigenvalue weighted by Gasteiger charge is -2.02. The standard InChI is InChI=1S/C6H9N3O2.4BrH/c7-5(6(10)11)1-4-2-8-3-9-4;;;;/h2-3,5H,1,7H2,(H,8,9)(H,10,11);4*1H. The number of hydrogen-bond donors (Lipinski definition) is 3. The number of carboxylic acids is 1. The summed E-state index contributed by atoms with van der Waals surface area (Å²) in [5.74, 6) is -1.00. The van der Waals surface area contributed by atoms with E-state index in [0.29, 0.717) is 0 Å². The molecule has 1 aromatic heterocycles. The van der Waals surface area contributed by atoms with Crippen LogP contribution in [0.25, 0.3) is 0 Å². The van der Waals surface area contributed by atoms with Gasteiger partial charge in [0.2, 0.25) is 0 Å². The number of nitrogens with one attached hydrogen (secondary N) is 1. The molecule has 1 rings (SSSR count). The topological polar surface area (TPSA) is 92.0 Å². The molecule has 1 heterocycles. The monoisotopic (exact) mass is 475 g/mol. The minimum atomic E-state index is -1.00. The lowest BCUT2D eigenvalue weighted by molar-refractivity contribution is -0.138. The van der Waals surface area contributed by atoms with Gasteiger partial charge in [0.25, 0.3) is 0 Å². The Morgan fingerprint density at radius 1 is 1.47 bits per heavy atom. The first kappa shape index (κ1) is 24.7. The number of imidazole rings is 1. The molecule has 92 valence electrons. The molecule has 4 N–H and O–H groups in total. The number of aromatic nitrogens is 2. The summed E-state index contributed by atoms with van der Waals surface area (Å²) >= 11 is 0. The zero-order valence-corrected chi connectivity index (χ0v) is 14.3. The summed E-state index contributed by atoms with van der Waals surface area (Å²) in [4.78, 5) is 16.8. The van der Waals surface area contributed by atoms with Crippen LogP contribution in [0, 0.1) is 0 Å². The van der Waals surface area contributed by atoms with E-state index in [2.05, 4.69) is 9.97 Å². The first-order valence-corrected chi connectivity index (χ1v) is 3.16. The number of aliphatic carboxylic acids is 1. The summed E-state index contributed by atoms with van der Waals surface area (Å²) < 4.78 is 0. The van der Waals surface area contributed by atoms with Crippen molar-refractivity contribution >= 4 is 73.9 Å². The number of aromatic amines is 1. The van der Waals surface area contributed by atoms with Crippen LogP contribution in [0.5, 0.6) is 0 Å². The van der Waals surface area contributed by atoms with Gasteiger partial charge in [-0.1, -0.05) is 0 Å². The van der Waals surface area contributed by atoms with Crippen LogP contribution in [-0.2, 0) is 11.2 Å². The molecule has 0 aliphatic heterocycles. The van der Waals surface area contributed by atoms with Gasteiger partial charge in [0.15, 0.2) is 0 Å². The average molecular weight is 479 g/mol. The normalized spacial score (nSPS) is 9.40. The molecule has 5 nitrogen and oxygen atoms in total. The van der Waals surface area contributed by atoms with Crippen molar-refractivity contribution in [2.45, 2.75) is 12.5 Å². The minimum Gasteiger partial charge on any atom is -0.480 e. The van der Waals surface area contributed by atoms with Gasteiger partial charge < -0.3 is 15.8 Å². The maximum Gasteiger partial charge on any atom is 0.320 e. The fourth-order valence-electron chi connectivity index (χ4n) is 0.721. The number of nitrogens with two attached hydrogens (primary N) is 1. The third-order valence-corrected chi connectivity index (χ3v) is 1.31. The number of carboxylic acid groups (broad SMARTS) is 1. The highest BCUT2D eigenvalue weighted by Gasteiger charge is 2.11. The van der Waals surface area contributed by atoms with Crippen LogP contribution in [0.2, 0.25) is 0 Å². The van der Waals surface area contributed by atoms with Crippen molar-refractivity contribution in [2.24, 2.45) is 5.73 Å². The lowest BCUT2D eigenvalue weighted by Crippen LogP contribution is -2.32. The summed E-state index contributed by atoms with van der Waals surface area (Å²) in [5.41, 5.74) is 6.00. The summed E-state index contributed by atoms with van der Waals surface area (Å²) in [6.45, 7) is 0. The van der Waals surface area contributed by atoms with E-state index >= 15 is 0 Å². The fraction of sp³-hybridized carbons (Fsp3) is 0.333. The van der Waals surface area contributed by atoms with Crippen molar-refractivity contribution < 1.29 is 9.90 Å². The molecule has 1 unspecified atom stereocenters. The van der Waals surface area contributed by atoms with Crippen LogP contribution in [0.4, 0.5) is 0 Å². The third-order valence-electron chi connectivity index (χ3n) is 1.31. The van der Waals surface area contributed by atoms with Gasteiger partial charge in [-0.15, -0.1) is 67.9 Å². The molecule has 0 aromatic carbocycles. The molecule has 15 heavy (non-hydrogen) atoms. The molecule has 0 saturated carbocycles. The van der Waals surface area contributed by atoms with E-state index in [-0.39, 0.29) is 74.3 Å². The predicted molar refractivity (Wildman–Crippen MR) is 79.2 cm³/mol. The van der Waals surface area contributed by atoms with Crippen molar-refractivity contribution in [3.63, 3.8) is 0 Å². The Kier molecular flexibility index (Phi) is 20.8. The van der Waals surface area contributed by atoms with E-state index in [0.717, 1.165) is 5.69 Å². The minimum absolute atomic E-state index is 0. The summed E-state index contributed by atoms with van der Waals surface area (Å²) in [6.07, 6.45) is 3.34. The molecule has 0 radical (unpaired) electrons. The van der Waals surface area contributed by atoms with E-state index in [9.17, 15) is 4.79 Å². The van der Waals surface area contributed by atoms with Gasteiger partial charge in [-0.2, -0.15) is 0 Å². The smallest absolute Gasteiger partial charge is 0.320 e. The second-order valence-corrected chi connectivity index (χ2v) is 2.23.